The number of aromatic nitrogens is 3. The number of nitrogens with one attached hydrogen (secondary N) is 2. The Kier molecular flexibility index (Phi) is 9.85. The van der Waals surface area contributed by atoms with Crippen molar-refractivity contribution in [2.24, 2.45) is 5.92 Å². The number of nitrogens with two attached hydrogens (primary N) is 1. The van der Waals surface area contributed by atoms with E-state index in [2.05, 4.69) is 15.4 Å². The minimum absolute atomic E-state index is 0.0194. The van der Waals surface area contributed by atoms with Crippen LogP contribution >= 0.6 is 0 Å². The molecule has 55 heavy (non-hydrogen) atoms. The first-order valence-corrected chi connectivity index (χ1v) is 17.4. The van der Waals surface area contributed by atoms with Gasteiger partial charge in [-0.25, -0.2) is 32.3 Å². The number of hydrogen-bond donors (Lipinski definition) is 3. The lowest BCUT2D eigenvalue weighted by Crippen LogP contribution is -2.41. The number of H-pyrrole nitrogens is 1. The van der Waals surface area contributed by atoms with Gasteiger partial charge in [-0.2, -0.15) is 5.10 Å². The molecule has 0 saturated carbocycles. The molecule has 2 aliphatic heterocycles. The molecule has 2 aliphatic rings. The van der Waals surface area contributed by atoms with Gasteiger partial charge >= 0.3 is 12.1 Å². The predicted octanol–water partition coefficient (Wildman–Crippen LogP) is 6.34. The number of alkyl halides is 2. The summed E-state index contributed by atoms with van der Waals surface area (Å²) in [5.41, 5.74) is 7.95. The molecule has 7 rings (SSSR count). The highest BCUT2D eigenvalue weighted by atomic mass is 19.3. The van der Waals surface area contributed by atoms with E-state index in [0.717, 1.165) is 4.90 Å². The summed E-state index contributed by atoms with van der Waals surface area (Å²) in [6, 6.07) is 13.0. The number of carbonyl (C=O) groups excluding carboxylic acids is 4. The van der Waals surface area contributed by atoms with Crippen LogP contribution in [0.5, 0.6) is 17.2 Å². The molecule has 4 amide bonds. The number of amides is 4. The Bertz CT molecular complexity index is 2300. The molecule has 2 fully saturated rings. The van der Waals surface area contributed by atoms with Crippen molar-refractivity contribution in [3.05, 3.63) is 89.5 Å². The topological polar surface area (TPSA) is 174 Å². The number of aryl methyl sites for hydroxylation is 1. The maximum Gasteiger partial charge on any atom is 0.407 e. The lowest BCUT2D eigenvalue weighted by atomic mass is 10.1. The van der Waals surface area contributed by atoms with E-state index in [9.17, 15) is 32.3 Å². The van der Waals surface area contributed by atoms with Crippen molar-refractivity contribution in [3.63, 3.8) is 0 Å². The van der Waals surface area contributed by atoms with Crippen molar-refractivity contribution in [2.45, 2.75) is 45.7 Å². The van der Waals surface area contributed by atoms with E-state index in [1.54, 1.807) is 37.3 Å². The summed E-state index contributed by atoms with van der Waals surface area (Å²) in [7, 11) is 0. The van der Waals surface area contributed by atoms with Gasteiger partial charge < -0.3 is 35.1 Å². The number of rotatable bonds is 12. The Hall–Kier alpha value is -6.52. The van der Waals surface area contributed by atoms with Gasteiger partial charge in [-0.1, -0.05) is 26.0 Å². The van der Waals surface area contributed by atoms with E-state index in [1.807, 2.05) is 13.8 Å². The van der Waals surface area contributed by atoms with Crippen molar-refractivity contribution in [1.82, 2.24) is 25.0 Å². The number of aromatic amines is 1. The zero-order chi connectivity index (χ0) is 39.1. The molecule has 286 valence electrons. The van der Waals surface area contributed by atoms with Crippen LogP contribution < -0.4 is 25.4 Å². The average Bonchev–Trinajstić information content (AvgIpc) is 3.90. The fourth-order valence-electron chi connectivity index (χ4n) is 6.60. The van der Waals surface area contributed by atoms with Gasteiger partial charge in [0.1, 0.15) is 30.0 Å². The molecule has 5 aromatic rings. The average molecular weight is 760 g/mol. The van der Waals surface area contributed by atoms with Crippen LogP contribution in [0.4, 0.5) is 34.3 Å². The van der Waals surface area contributed by atoms with E-state index in [4.69, 9.17) is 19.9 Å². The van der Waals surface area contributed by atoms with Crippen LogP contribution in [-0.4, -0.2) is 81.7 Å². The van der Waals surface area contributed by atoms with Crippen LogP contribution in [0.15, 0.2) is 66.9 Å². The number of hydrogen-bond acceptors (Lipinski definition) is 9. The molecule has 4 N–H and O–H groups in total. The van der Waals surface area contributed by atoms with Crippen LogP contribution in [0.1, 0.15) is 41.9 Å². The number of nitrogen functional groups attached to an aromatic ring is 1. The molecule has 2 aromatic heterocycles. The normalized spacial score (nSPS) is 16.7. The largest absolute Gasteiger partial charge is 0.485 e. The molecule has 0 radical (unpaired) electrons. The minimum Gasteiger partial charge on any atom is -0.485 e. The van der Waals surface area contributed by atoms with Gasteiger partial charge in [-0.05, 0) is 73.4 Å². The SMILES string of the molecule is Cc1cc(Oc2ccccc2F)ccc1-n1ncc(C(=O)c2cc3cc(OCC(F)F)c(N4C(=O)[C@@H]5CC(NC(=O)OCC(C)C)CN5C4=O)cc3[nH]2)c1N. The number of alkyl carbamates (subject to hydrolysis) is 1. The number of para-hydroxylation sites is 1. The highest BCUT2D eigenvalue weighted by molar-refractivity contribution is 6.23. The number of fused-ring (bicyclic) bond motifs is 2. The Morgan fingerprint density at radius 3 is 2.53 bits per heavy atom. The van der Waals surface area contributed by atoms with Crippen LogP contribution in [0, 0.1) is 18.7 Å². The second-order valence-electron chi connectivity index (χ2n) is 13.7. The first kappa shape index (κ1) is 36.8. The molecule has 0 spiro atoms. The van der Waals surface area contributed by atoms with Crippen LogP contribution in [0.2, 0.25) is 0 Å². The Morgan fingerprint density at radius 1 is 1.04 bits per heavy atom. The fraction of sp³-hybridized carbons (Fsp3) is 0.289. The van der Waals surface area contributed by atoms with Gasteiger partial charge in [0.15, 0.2) is 11.6 Å². The lowest BCUT2D eigenvalue weighted by molar-refractivity contribution is -0.119. The van der Waals surface area contributed by atoms with E-state index in [-0.39, 0.29) is 59.8 Å². The predicted molar refractivity (Wildman–Crippen MR) is 194 cm³/mol. The molecule has 0 bridgehead atoms. The zero-order valence-electron chi connectivity index (χ0n) is 29.8. The summed E-state index contributed by atoms with van der Waals surface area (Å²) < 4.78 is 58.4. The van der Waals surface area contributed by atoms with Crippen LogP contribution in [0.3, 0.4) is 0 Å². The third kappa shape index (κ3) is 7.24. The molecule has 4 heterocycles. The number of benzene rings is 3. The maximum atomic E-state index is 14.1. The number of imide groups is 1. The number of nitrogens with zero attached hydrogens (tertiary/aromatic N) is 4. The molecular weight excluding hydrogens is 723 g/mol. The summed E-state index contributed by atoms with van der Waals surface area (Å²) in [4.78, 5) is 58.5. The number of anilines is 2. The molecule has 0 aliphatic carbocycles. The monoisotopic (exact) mass is 759 g/mol. The second-order valence-corrected chi connectivity index (χ2v) is 13.7. The summed E-state index contributed by atoms with van der Waals surface area (Å²) in [5, 5.41) is 7.38. The number of urea groups is 1. The van der Waals surface area contributed by atoms with E-state index >= 15 is 0 Å². The summed E-state index contributed by atoms with van der Waals surface area (Å²) >= 11 is 0. The molecule has 2 saturated heterocycles. The van der Waals surface area contributed by atoms with E-state index < -0.39 is 54.7 Å². The zero-order valence-corrected chi connectivity index (χ0v) is 29.8. The Labute approximate surface area is 311 Å². The van der Waals surface area contributed by atoms with E-state index in [1.165, 1.54) is 46.1 Å². The van der Waals surface area contributed by atoms with Crippen molar-refractivity contribution in [2.75, 3.05) is 30.4 Å². The molecular formula is C38H36F3N7O7. The summed E-state index contributed by atoms with van der Waals surface area (Å²) in [6.07, 6.45) is -2.10. The summed E-state index contributed by atoms with van der Waals surface area (Å²) in [6.45, 7) is 4.76. The fourth-order valence-corrected chi connectivity index (χ4v) is 6.60. The Morgan fingerprint density at radius 2 is 1.82 bits per heavy atom. The van der Waals surface area contributed by atoms with Gasteiger partial charge in [-0.15, -0.1) is 0 Å². The van der Waals surface area contributed by atoms with Gasteiger partial charge in [0.05, 0.1) is 41.5 Å². The number of carbonyl (C=O) groups is 4. The van der Waals surface area contributed by atoms with Crippen molar-refractivity contribution in [1.29, 1.82) is 0 Å². The highest BCUT2D eigenvalue weighted by Gasteiger charge is 2.52. The maximum absolute atomic E-state index is 14.1. The third-order valence-electron chi connectivity index (χ3n) is 9.18. The van der Waals surface area contributed by atoms with Crippen LogP contribution in [-0.2, 0) is 9.53 Å². The molecule has 14 nitrogen and oxygen atoms in total. The standard InChI is InChI=1S/C38H36F3N7O7/c1-19(2)17-54-37(51)44-22-13-30-36(50)47(38(52)46(30)16-22)29-14-26-21(12-32(29)53-18-33(40)41)11-27(45-26)34(49)24-15-43-48(35(24)42)28-9-8-23(10-20(28)3)55-31-7-5-4-6-25(31)39/h4-12,14-15,19,22,30,33,45H,13,16-18,42H2,1-3H3,(H,44,51)/t22?,30-/m0/s1. The number of ether oxygens (including phenoxy) is 3. The van der Waals surface area contributed by atoms with Gasteiger partial charge in [0.2, 0.25) is 5.78 Å². The minimum atomic E-state index is -2.86. The number of halogens is 3. The first-order valence-electron chi connectivity index (χ1n) is 17.4. The highest BCUT2D eigenvalue weighted by Crippen LogP contribution is 2.40. The quantitative estimate of drug-likeness (QED) is 0.0969. The van der Waals surface area contributed by atoms with E-state index in [0.29, 0.717) is 27.9 Å². The van der Waals surface area contributed by atoms with Gasteiger partial charge in [0, 0.05) is 17.4 Å². The summed E-state index contributed by atoms with van der Waals surface area (Å²) in [5.74, 6) is -1.30. The van der Waals surface area contributed by atoms with Gasteiger partial charge in [0.25, 0.3) is 12.3 Å². The van der Waals surface area contributed by atoms with Crippen LogP contribution in [0.25, 0.3) is 16.6 Å². The van der Waals surface area contributed by atoms with Crippen molar-refractivity contribution >= 4 is 46.2 Å². The molecule has 3 aromatic carbocycles. The molecule has 17 heteroatoms. The van der Waals surface area contributed by atoms with Gasteiger partial charge in [-0.3, -0.25) is 9.59 Å². The first-order chi connectivity index (χ1) is 26.3. The third-order valence-corrected chi connectivity index (χ3v) is 9.18. The van der Waals surface area contributed by atoms with Crippen molar-refractivity contribution in [3.8, 4) is 22.9 Å². The molecule has 1 unspecified atom stereocenters. The number of ketones is 1. The lowest BCUT2D eigenvalue weighted by Gasteiger charge is -2.21. The van der Waals surface area contributed by atoms with Crippen molar-refractivity contribution < 1.29 is 46.6 Å². The second kappa shape index (κ2) is 14.7. The Balaban J connectivity index is 1.13. The smallest absolute Gasteiger partial charge is 0.407 e. The molecule has 2 atom stereocenters.